The minimum atomic E-state index is 0.405. The lowest BCUT2D eigenvalue weighted by Crippen LogP contribution is -2.39. The van der Waals surface area contributed by atoms with E-state index in [1.165, 1.54) is 10.8 Å². The van der Waals surface area contributed by atoms with E-state index in [-0.39, 0.29) is 0 Å². The van der Waals surface area contributed by atoms with Crippen LogP contribution in [0.4, 0.5) is 0 Å². The molecule has 0 aromatic heterocycles. The van der Waals surface area contributed by atoms with Gasteiger partial charge in [0.25, 0.3) is 0 Å². The molecular weight excluding hydrogens is 326 g/mol. The van der Waals surface area contributed by atoms with Gasteiger partial charge >= 0.3 is 0 Å². The Bertz CT molecular complexity index is 937. The van der Waals surface area contributed by atoms with E-state index in [4.69, 9.17) is 9.47 Å². The quantitative estimate of drug-likeness (QED) is 0.759. The molecule has 1 aliphatic rings. The molecule has 0 unspecified atom stereocenters. The number of nitrogens with zero attached hydrogens (tertiary/aromatic N) is 2. The highest BCUT2D eigenvalue weighted by atomic mass is 16.5. The van der Waals surface area contributed by atoms with Crippen LogP contribution >= 0.6 is 0 Å². The van der Waals surface area contributed by atoms with Gasteiger partial charge in [0.15, 0.2) is 6.73 Å². The first-order valence-corrected chi connectivity index (χ1v) is 8.47. The first kappa shape index (κ1) is 16.3. The molecule has 1 aliphatic heterocycles. The van der Waals surface area contributed by atoms with Crippen molar-refractivity contribution in [3.63, 3.8) is 0 Å². The molecule has 3 aromatic carbocycles. The van der Waals surface area contributed by atoms with Gasteiger partial charge in [0.2, 0.25) is 0 Å². The maximum absolute atomic E-state index is 5.94. The van der Waals surface area contributed by atoms with E-state index in [1.807, 2.05) is 65.7 Å². The van der Waals surface area contributed by atoms with Crippen LogP contribution in [-0.4, -0.2) is 30.9 Å². The van der Waals surface area contributed by atoms with Gasteiger partial charge in [0.1, 0.15) is 11.5 Å². The number of fused-ring (bicyclic) bond motifs is 1. The molecular formula is C21H21N3O2. The van der Waals surface area contributed by atoms with Crippen molar-refractivity contribution in [1.82, 2.24) is 15.6 Å². The molecule has 1 N–H and O–H groups in total. The third-order valence-electron chi connectivity index (χ3n) is 4.39. The van der Waals surface area contributed by atoms with Gasteiger partial charge in [0, 0.05) is 18.8 Å². The van der Waals surface area contributed by atoms with E-state index in [1.54, 1.807) is 7.11 Å². The average Bonchev–Trinajstić information content (AvgIpc) is 3.07. The van der Waals surface area contributed by atoms with Crippen LogP contribution in [0.5, 0.6) is 11.5 Å². The van der Waals surface area contributed by atoms with E-state index in [2.05, 4.69) is 29.8 Å². The molecule has 5 nitrogen and oxygen atoms in total. The number of rotatable bonds is 5. The van der Waals surface area contributed by atoms with E-state index in [0.717, 1.165) is 22.8 Å². The Morgan fingerprint density at radius 2 is 1.62 bits per heavy atom. The molecule has 132 valence electrons. The standard InChI is InChI=1S/C21H21N3O2/c1-23-21(17-8-10-19(25-2)11-9-17)14-24(22-23)15-26-20-12-7-16-5-3-4-6-18(16)13-20/h3-14,22H,15H2,1-2H3. The number of ether oxygens (including phenoxy) is 2. The Morgan fingerprint density at radius 1 is 0.885 bits per heavy atom. The minimum Gasteiger partial charge on any atom is -0.497 e. The van der Waals surface area contributed by atoms with Gasteiger partial charge in [-0.3, -0.25) is 10.0 Å². The maximum Gasteiger partial charge on any atom is 0.176 e. The molecule has 1 heterocycles. The second-order valence-electron chi connectivity index (χ2n) is 6.15. The Labute approximate surface area is 153 Å². The van der Waals surface area contributed by atoms with Crippen molar-refractivity contribution in [3.8, 4) is 11.5 Å². The first-order valence-electron chi connectivity index (χ1n) is 8.47. The molecule has 0 radical (unpaired) electrons. The molecule has 4 rings (SSSR count). The third-order valence-corrected chi connectivity index (χ3v) is 4.39. The zero-order valence-electron chi connectivity index (χ0n) is 14.8. The highest BCUT2D eigenvalue weighted by Crippen LogP contribution is 2.24. The van der Waals surface area contributed by atoms with E-state index < -0.39 is 0 Å². The minimum absolute atomic E-state index is 0.405. The van der Waals surface area contributed by atoms with Gasteiger partial charge < -0.3 is 9.47 Å². The predicted octanol–water partition coefficient (Wildman–Crippen LogP) is 3.85. The largest absolute Gasteiger partial charge is 0.497 e. The number of hydrazine groups is 2. The number of methoxy groups -OCH3 is 1. The molecule has 0 fully saturated rings. The Hall–Kier alpha value is -3.18. The molecule has 0 amide bonds. The smallest absolute Gasteiger partial charge is 0.176 e. The topological polar surface area (TPSA) is 37.0 Å². The maximum atomic E-state index is 5.94. The zero-order chi connectivity index (χ0) is 17.9. The number of benzene rings is 3. The fraction of sp³-hybridized carbons (Fsp3) is 0.143. The molecule has 0 atom stereocenters. The van der Waals surface area contributed by atoms with Gasteiger partial charge in [-0.05, 0) is 47.2 Å². The van der Waals surface area contributed by atoms with Crippen LogP contribution in [0.1, 0.15) is 5.56 Å². The van der Waals surface area contributed by atoms with E-state index in [0.29, 0.717) is 6.73 Å². The Balaban J connectivity index is 1.45. The van der Waals surface area contributed by atoms with Gasteiger partial charge in [-0.2, -0.15) is 0 Å². The highest BCUT2D eigenvalue weighted by Gasteiger charge is 2.18. The zero-order valence-corrected chi connectivity index (χ0v) is 14.8. The summed E-state index contributed by atoms with van der Waals surface area (Å²) in [7, 11) is 3.65. The first-order chi connectivity index (χ1) is 12.7. The molecule has 5 heteroatoms. The average molecular weight is 347 g/mol. The fourth-order valence-corrected chi connectivity index (χ4v) is 3.01. The molecule has 26 heavy (non-hydrogen) atoms. The van der Waals surface area contributed by atoms with Gasteiger partial charge in [0.05, 0.1) is 12.8 Å². The Kier molecular flexibility index (Phi) is 4.37. The van der Waals surface area contributed by atoms with Crippen molar-refractivity contribution in [1.29, 1.82) is 0 Å². The summed E-state index contributed by atoms with van der Waals surface area (Å²) >= 11 is 0. The lowest BCUT2D eigenvalue weighted by Gasteiger charge is -2.21. The van der Waals surface area contributed by atoms with Crippen LogP contribution in [0.3, 0.4) is 0 Å². The summed E-state index contributed by atoms with van der Waals surface area (Å²) in [5, 5.41) is 6.26. The highest BCUT2D eigenvalue weighted by molar-refractivity contribution is 5.83. The summed E-state index contributed by atoms with van der Waals surface area (Å²) in [4.78, 5) is 0. The third kappa shape index (κ3) is 3.30. The second kappa shape index (κ2) is 6.98. The van der Waals surface area contributed by atoms with Gasteiger partial charge in [-0.15, -0.1) is 5.53 Å². The van der Waals surface area contributed by atoms with Crippen molar-refractivity contribution in [2.75, 3.05) is 20.9 Å². The van der Waals surface area contributed by atoms with Crippen LogP contribution < -0.4 is 15.0 Å². The predicted molar refractivity (Wildman–Crippen MR) is 103 cm³/mol. The van der Waals surface area contributed by atoms with Crippen molar-refractivity contribution < 1.29 is 9.47 Å². The molecule has 0 spiro atoms. The van der Waals surface area contributed by atoms with Gasteiger partial charge in [-0.25, -0.2) is 0 Å². The molecule has 0 bridgehead atoms. The lowest BCUT2D eigenvalue weighted by atomic mass is 10.1. The SMILES string of the molecule is COc1ccc(C2=CN(COc3ccc4ccccc4c3)NN2C)cc1. The van der Waals surface area contributed by atoms with Crippen molar-refractivity contribution in [3.05, 3.63) is 78.5 Å². The normalized spacial score (nSPS) is 13.8. The summed E-state index contributed by atoms with van der Waals surface area (Å²) in [5.41, 5.74) is 5.43. The summed E-state index contributed by atoms with van der Waals surface area (Å²) in [5.74, 6) is 1.69. The van der Waals surface area contributed by atoms with Crippen LogP contribution in [0.2, 0.25) is 0 Å². The number of hydrogen-bond acceptors (Lipinski definition) is 5. The van der Waals surface area contributed by atoms with Crippen molar-refractivity contribution in [2.45, 2.75) is 0 Å². The van der Waals surface area contributed by atoms with E-state index >= 15 is 0 Å². The van der Waals surface area contributed by atoms with Gasteiger partial charge in [-0.1, -0.05) is 30.3 Å². The molecule has 0 aliphatic carbocycles. The Morgan fingerprint density at radius 3 is 2.38 bits per heavy atom. The molecule has 3 aromatic rings. The lowest BCUT2D eigenvalue weighted by molar-refractivity contribution is 0.0805. The summed E-state index contributed by atoms with van der Waals surface area (Å²) < 4.78 is 11.2. The van der Waals surface area contributed by atoms with Crippen LogP contribution in [0, 0.1) is 0 Å². The van der Waals surface area contributed by atoms with E-state index in [9.17, 15) is 0 Å². The van der Waals surface area contributed by atoms with Crippen LogP contribution in [-0.2, 0) is 0 Å². The monoisotopic (exact) mass is 347 g/mol. The molecule has 0 saturated heterocycles. The van der Waals surface area contributed by atoms with Crippen molar-refractivity contribution in [2.24, 2.45) is 0 Å². The van der Waals surface area contributed by atoms with Crippen LogP contribution in [0.15, 0.2) is 72.9 Å². The summed E-state index contributed by atoms with van der Waals surface area (Å²) in [6, 6.07) is 22.4. The number of hydrogen-bond donors (Lipinski definition) is 1. The summed E-state index contributed by atoms with van der Waals surface area (Å²) in [6.07, 6.45) is 2.03. The van der Waals surface area contributed by atoms with Crippen molar-refractivity contribution >= 4 is 16.5 Å². The number of nitrogens with one attached hydrogen (secondary N) is 1. The molecule has 0 saturated carbocycles. The fourth-order valence-electron chi connectivity index (χ4n) is 3.01. The second-order valence-corrected chi connectivity index (χ2v) is 6.15. The summed E-state index contributed by atoms with van der Waals surface area (Å²) in [6.45, 7) is 0.405. The van der Waals surface area contributed by atoms with Crippen LogP contribution in [0.25, 0.3) is 16.5 Å².